The minimum absolute atomic E-state index is 0.253. The van der Waals surface area contributed by atoms with Crippen LogP contribution in [0.5, 0.6) is 0 Å². The molecule has 2 aromatic rings. The monoisotopic (exact) mass is 488 g/mol. The molecule has 0 radical (unpaired) electrons. The molecule has 31 heavy (non-hydrogen) atoms. The molecule has 1 fully saturated rings. The zero-order valence-electron chi connectivity index (χ0n) is 18.4. The van der Waals surface area contributed by atoms with Crippen LogP contribution in [0, 0.1) is 6.92 Å². The van der Waals surface area contributed by atoms with Crippen molar-refractivity contribution in [3.05, 3.63) is 52.0 Å². The maximum Gasteiger partial charge on any atom is 0.410 e. The van der Waals surface area contributed by atoms with E-state index in [1.807, 2.05) is 58.0 Å². The van der Waals surface area contributed by atoms with Gasteiger partial charge in [-0.25, -0.2) is 4.79 Å². The molecule has 7 nitrogen and oxygen atoms in total. The first-order valence-corrected chi connectivity index (χ1v) is 11.0. The lowest BCUT2D eigenvalue weighted by Crippen LogP contribution is -2.50. The third-order valence-corrected chi connectivity index (χ3v) is 5.51. The molecule has 1 aliphatic heterocycles. The van der Waals surface area contributed by atoms with Gasteiger partial charge in [0.2, 0.25) is 0 Å². The van der Waals surface area contributed by atoms with Crippen LogP contribution in [0.2, 0.25) is 0 Å². The van der Waals surface area contributed by atoms with Gasteiger partial charge in [-0.15, -0.1) is 0 Å². The zero-order chi connectivity index (χ0) is 22.8. The summed E-state index contributed by atoms with van der Waals surface area (Å²) in [6.07, 6.45) is -0.297. The van der Waals surface area contributed by atoms with Gasteiger partial charge in [-0.2, -0.15) is 0 Å². The Hall–Kier alpha value is -2.74. The van der Waals surface area contributed by atoms with E-state index < -0.39 is 5.60 Å². The molecule has 0 atom stereocenters. The first-order valence-electron chi connectivity index (χ1n) is 10.2. The third kappa shape index (κ3) is 5.91. The van der Waals surface area contributed by atoms with E-state index >= 15 is 0 Å². The molecule has 2 amide bonds. The third-order valence-electron chi connectivity index (χ3n) is 5.01. The first kappa shape index (κ1) is 22.9. The number of anilines is 3. The number of carbonyl (C=O) groups is 2. The highest BCUT2D eigenvalue weighted by molar-refractivity contribution is 9.10. The number of aryl methyl sites for hydroxylation is 1. The van der Waals surface area contributed by atoms with Gasteiger partial charge in [-0.3, -0.25) is 4.79 Å². The molecule has 3 N–H and O–H groups in total. The standard InChI is InChI=1S/C23H29BrN4O3/c1-15-13-16(24)5-8-20(15)26-21(29)18-14-17(6-7-19(18)25)27-9-11-28(12-10-27)22(30)31-23(2,3)4/h5-8,13-14H,9-12,25H2,1-4H3,(H,26,29). The number of nitrogens with one attached hydrogen (secondary N) is 1. The number of hydrogen-bond donors (Lipinski definition) is 2. The lowest BCUT2D eigenvalue weighted by Gasteiger charge is -2.37. The van der Waals surface area contributed by atoms with Crippen LogP contribution in [0.1, 0.15) is 36.7 Å². The number of halogens is 1. The lowest BCUT2D eigenvalue weighted by molar-refractivity contribution is 0.0240. The van der Waals surface area contributed by atoms with Crippen molar-refractivity contribution in [1.82, 2.24) is 4.90 Å². The highest BCUT2D eigenvalue weighted by atomic mass is 79.9. The van der Waals surface area contributed by atoms with E-state index in [0.29, 0.717) is 37.4 Å². The van der Waals surface area contributed by atoms with E-state index in [0.717, 1.165) is 21.4 Å². The minimum atomic E-state index is -0.513. The number of benzene rings is 2. The molecular weight excluding hydrogens is 460 g/mol. The summed E-state index contributed by atoms with van der Waals surface area (Å²) in [6, 6.07) is 11.1. The van der Waals surface area contributed by atoms with Gasteiger partial charge in [-0.1, -0.05) is 15.9 Å². The second-order valence-electron chi connectivity index (χ2n) is 8.64. The van der Waals surface area contributed by atoms with Crippen LogP contribution in [-0.4, -0.2) is 48.7 Å². The SMILES string of the molecule is Cc1cc(Br)ccc1NC(=O)c1cc(N2CCN(C(=O)OC(C)(C)C)CC2)ccc1N. The van der Waals surface area contributed by atoms with Crippen LogP contribution in [0.15, 0.2) is 40.9 Å². The highest BCUT2D eigenvalue weighted by Crippen LogP contribution is 2.25. The van der Waals surface area contributed by atoms with E-state index in [1.165, 1.54) is 0 Å². The van der Waals surface area contributed by atoms with Gasteiger partial charge in [0.15, 0.2) is 0 Å². The van der Waals surface area contributed by atoms with Crippen molar-refractivity contribution in [2.24, 2.45) is 0 Å². The summed E-state index contributed by atoms with van der Waals surface area (Å²) < 4.78 is 6.41. The minimum Gasteiger partial charge on any atom is -0.444 e. The van der Waals surface area contributed by atoms with Gasteiger partial charge < -0.3 is 25.6 Å². The van der Waals surface area contributed by atoms with Gasteiger partial charge in [0.05, 0.1) is 5.56 Å². The van der Waals surface area contributed by atoms with Crippen molar-refractivity contribution in [2.45, 2.75) is 33.3 Å². The summed E-state index contributed by atoms with van der Waals surface area (Å²) in [4.78, 5) is 29.0. The molecule has 0 aromatic heterocycles. The van der Waals surface area contributed by atoms with E-state index in [9.17, 15) is 9.59 Å². The number of piperazine rings is 1. The first-order chi connectivity index (χ1) is 14.5. The van der Waals surface area contributed by atoms with E-state index in [4.69, 9.17) is 10.5 Å². The fraction of sp³-hybridized carbons (Fsp3) is 0.391. The molecule has 166 valence electrons. The number of nitrogen functional groups attached to an aromatic ring is 1. The molecule has 0 bridgehead atoms. The van der Waals surface area contributed by atoms with Crippen molar-refractivity contribution in [3.8, 4) is 0 Å². The molecule has 8 heteroatoms. The average molecular weight is 489 g/mol. The number of amides is 2. The van der Waals surface area contributed by atoms with Crippen molar-refractivity contribution in [1.29, 1.82) is 0 Å². The molecule has 0 aliphatic carbocycles. The quantitative estimate of drug-likeness (QED) is 0.613. The molecule has 1 heterocycles. The van der Waals surface area contributed by atoms with Crippen LogP contribution < -0.4 is 16.0 Å². The zero-order valence-corrected chi connectivity index (χ0v) is 20.0. The topological polar surface area (TPSA) is 87.9 Å². The van der Waals surface area contributed by atoms with Gasteiger partial charge in [0.25, 0.3) is 5.91 Å². The molecule has 2 aromatic carbocycles. The second-order valence-corrected chi connectivity index (χ2v) is 9.56. The molecule has 0 unspecified atom stereocenters. The van der Waals surface area contributed by atoms with Crippen molar-refractivity contribution >= 4 is 45.0 Å². The van der Waals surface area contributed by atoms with E-state index in [2.05, 4.69) is 26.1 Å². The maximum absolute atomic E-state index is 12.9. The van der Waals surface area contributed by atoms with E-state index in [1.54, 1.807) is 11.0 Å². The second kappa shape index (κ2) is 9.18. The Morgan fingerprint density at radius 3 is 2.35 bits per heavy atom. The lowest BCUT2D eigenvalue weighted by atomic mass is 10.1. The summed E-state index contributed by atoms with van der Waals surface area (Å²) in [6.45, 7) is 9.92. The smallest absolute Gasteiger partial charge is 0.410 e. The van der Waals surface area contributed by atoms with Crippen LogP contribution in [-0.2, 0) is 4.74 Å². The number of carbonyl (C=O) groups excluding carboxylic acids is 2. The average Bonchev–Trinajstić information content (AvgIpc) is 2.69. The summed E-state index contributed by atoms with van der Waals surface area (Å²) >= 11 is 3.43. The number of nitrogens with zero attached hydrogens (tertiary/aromatic N) is 2. The predicted molar refractivity (Wildman–Crippen MR) is 128 cm³/mol. The maximum atomic E-state index is 12.9. The molecule has 1 aliphatic rings. The Kier molecular flexibility index (Phi) is 6.79. The number of hydrogen-bond acceptors (Lipinski definition) is 5. The van der Waals surface area contributed by atoms with Gasteiger partial charge in [-0.05, 0) is 69.7 Å². The van der Waals surface area contributed by atoms with Crippen molar-refractivity contribution < 1.29 is 14.3 Å². The van der Waals surface area contributed by atoms with Gasteiger partial charge >= 0.3 is 6.09 Å². The normalized spacial score (nSPS) is 14.4. The highest BCUT2D eigenvalue weighted by Gasteiger charge is 2.26. The molecular formula is C23H29BrN4O3. The number of nitrogens with two attached hydrogens (primary N) is 1. The summed E-state index contributed by atoms with van der Waals surface area (Å²) in [5.41, 5.74) is 9.02. The largest absolute Gasteiger partial charge is 0.444 e. The Morgan fingerprint density at radius 2 is 1.74 bits per heavy atom. The molecule has 0 spiro atoms. The summed E-state index contributed by atoms with van der Waals surface area (Å²) in [7, 11) is 0. The van der Waals surface area contributed by atoms with Crippen LogP contribution in [0.3, 0.4) is 0 Å². The Morgan fingerprint density at radius 1 is 1.06 bits per heavy atom. The van der Waals surface area contributed by atoms with Crippen molar-refractivity contribution in [2.75, 3.05) is 42.1 Å². The van der Waals surface area contributed by atoms with Crippen molar-refractivity contribution in [3.63, 3.8) is 0 Å². The predicted octanol–water partition coefficient (Wildman–Crippen LogP) is 4.65. The van der Waals surface area contributed by atoms with Crippen LogP contribution >= 0.6 is 15.9 Å². The number of ether oxygens (including phenoxy) is 1. The molecule has 3 rings (SSSR count). The van der Waals surface area contributed by atoms with Gasteiger partial charge in [0.1, 0.15) is 5.60 Å². The number of rotatable bonds is 3. The van der Waals surface area contributed by atoms with Gasteiger partial charge in [0, 0.05) is 47.7 Å². The fourth-order valence-electron chi connectivity index (χ4n) is 3.37. The molecule has 1 saturated heterocycles. The fourth-order valence-corrected chi connectivity index (χ4v) is 3.84. The Labute approximate surface area is 191 Å². The van der Waals surface area contributed by atoms with Crippen LogP contribution in [0.25, 0.3) is 0 Å². The Bertz CT molecular complexity index is 979. The van der Waals surface area contributed by atoms with E-state index in [-0.39, 0.29) is 12.0 Å². The molecule has 0 saturated carbocycles. The van der Waals surface area contributed by atoms with Crippen LogP contribution in [0.4, 0.5) is 21.9 Å². The summed E-state index contributed by atoms with van der Waals surface area (Å²) in [5.74, 6) is -0.253. The summed E-state index contributed by atoms with van der Waals surface area (Å²) in [5, 5.41) is 2.94. The Balaban J connectivity index is 1.68.